The van der Waals surface area contributed by atoms with E-state index < -0.39 is 34.1 Å². The lowest BCUT2D eigenvalue weighted by Gasteiger charge is -2.61. The van der Waals surface area contributed by atoms with Crippen molar-refractivity contribution in [3.63, 3.8) is 0 Å². The van der Waals surface area contributed by atoms with Gasteiger partial charge in [0.25, 0.3) is 0 Å². The molecule has 8 fully saturated rings. The van der Waals surface area contributed by atoms with E-state index in [1.807, 2.05) is 13.8 Å². The maximum Gasteiger partial charge on any atom is 0.118 e. The molecule has 0 radical (unpaired) electrons. The second-order valence-corrected chi connectivity index (χ2v) is 19.8. The van der Waals surface area contributed by atoms with Gasteiger partial charge >= 0.3 is 0 Å². The molecule has 8 rings (SSSR count). The van der Waals surface area contributed by atoms with E-state index in [1.165, 1.54) is 25.7 Å². The molecule has 8 saturated heterocycles. The van der Waals surface area contributed by atoms with Gasteiger partial charge in [0.2, 0.25) is 0 Å². The topological polar surface area (TPSA) is 135 Å². The Balaban J connectivity index is 0.929. The summed E-state index contributed by atoms with van der Waals surface area (Å²) in [6.45, 7) is 12.8. The molecule has 0 aromatic rings. The van der Waals surface area contributed by atoms with E-state index in [-0.39, 0.29) is 79.9 Å². The van der Waals surface area contributed by atoms with Gasteiger partial charge < -0.3 is 53.2 Å². The first kappa shape index (κ1) is 40.3. The van der Waals surface area contributed by atoms with Crippen LogP contribution in [-0.2, 0) is 37.9 Å². The number of fused-ring (bicyclic) bond motifs is 7. The number of aliphatic hydroxyl groups excluding tert-OH is 2. The molecule has 0 bridgehead atoms. The monoisotopic (exact) mass is 765 g/mol. The Kier molecular flexibility index (Phi) is 11.4. The van der Waals surface area contributed by atoms with Crippen LogP contribution in [0.1, 0.15) is 157 Å². The molecule has 11 nitrogen and oxygen atoms in total. The SMILES string of the molecule is CCCCCCC[C@H]1O[C@H]2C[C@H]3O[C@H]4CC[C@H]5O[C@H]6C[C@@]7(C)O[C@@]8(C)[C@@H](O)C[C@H](CCCO)O[C@@H]8C[C@@H]7O[C@@H]6C[C@@H]5O[C@]4(C)C[C@]3(C)O[C@@H]2CC[C@]1(C)O. The molecule has 18 atom stereocenters. The summed E-state index contributed by atoms with van der Waals surface area (Å²) >= 11 is 0. The van der Waals surface area contributed by atoms with Crippen LogP contribution < -0.4 is 0 Å². The number of ether oxygens (including phenoxy) is 8. The van der Waals surface area contributed by atoms with Crippen LogP contribution in [0.5, 0.6) is 0 Å². The zero-order valence-electron chi connectivity index (χ0n) is 34.0. The van der Waals surface area contributed by atoms with E-state index >= 15 is 0 Å². The van der Waals surface area contributed by atoms with Crippen molar-refractivity contribution in [1.29, 1.82) is 0 Å². The molecule has 8 aliphatic rings. The fourth-order valence-corrected chi connectivity index (χ4v) is 12.1. The highest BCUT2D eigenvalue weighted by atomic mass is 16.6. The smallest absolute Gasteiger partial charge is 0.118 e. The summed E-state index contributed by atoms with van der Waals surface area (Å²) in [4.78, 5) is 0. The van der Waals surface area contributed by atoms with Gasteiger partial charge in [0, 0.05) is 45.1 Å². The van der Waals surface area contributed by atoms with Crippen molar-refractivity contribution in [2.24, 2.45) is 0 Å². The van der Waals surface area contributed by atoms with Crippen LogP contribution in [0.3, 0.4) is 0 Å². The van der Waals surface area contributed by atoms with Gasteiger partial charge in [0.1, 0.15) is 5.60 Å². The Hall–Kier alpha value is -0.440. The van der Waals surface area contributed by atoms with E-state index in [1.54, 1.807) is 0 Å². The van der Waals surface area contributed by atoms with Crippen LogP contribution in [0.4, 0.5) is 0 Å². The molecule has 0 aromatic carbocycles. The molecular weight excluding hydrogens is 692 g/mol. The molecule has 8 heterocycles. The maximum atomic E-state index is 11.5. The van der Waals surface area contributed by atoms with Crippen molar-refractivity contribution in [3.8, 4) is 0 Å². The summed E-state index contributed by atoms with van der Waals surface area (Å²) in [5, 5.41) is 32.3. The fraction of sp³-hybridized carbons (Fsp3) is 1.00. The highest BCUT2D eigenvalue weighted by molar-refractivity contribution is 5.13. The Bertz CT molecular complexity index is 1300. The van der Waals surface area contributed by atoms with Crippen molar-refractivity contribution in [3.05, 3.63) is 0 Å². The first-order valence-electron chi connectivity index (χ1n) is 22.0. The lowest BCUT2D eigenvalue weighted by Crippen LogP contribution is -2.72. The summed E-state index contributed by atoms with van der Waals surface area (Å²) in [6, 6.07) is 0. The number of hydrogen-bond acceptors (Lipinski definition) is 11. The van der Waals surface area contributed by atoms with Gasteiger partial charge in [-0.1, -0.05) is 39.0 Å². The molecule has 310 valence electrons. The third-order valence-electron chi connectivity index (χ3n) is 15.3. The fourth-order valence-electron chi connectivity index (χ4n) is 12.1. The summed E-state index contributed by atoms with van der Waals surface area (Å²) in [7, 11) is 0. The van der Waals surface area contributed by atoms with E-state index in [4.69, 9.17) is 37.9 Å². The van der Waals surface area contributed by atoms with Gasteiger partial charge in [-0.05, 0) is 79.6 Å². The van der Waals surface area contributed by atoms with E-state index in [0.717, 1.165) is 51.4 Å². The number of hydrogen-bond donors (Lipinski definition) is 3. The summed E-state index contributed by atoms with van der Waals surface area (Å²) in [5.41, 5.74) is -3.40. The zero-order chi connectivity index (χ0) is 38.1. The molecular formula is C43H72O11. The summed E-state index contributed by atoms with van der Waals surface area (Å²) in [5.74, 6) is 0. The van der Waals surface area contributed by atoms with E-state index in [9.17, 15) is 15.3 Å². The second kappa shape index (κ2) is 15.3. The minimum absolute atomic E-state index is 0.0747. The highest BCUT2D eigenvalue weighted by Crippen LogP contribution is 2.54. The van der Waals surface area contributed by atoms with Crippen LogP contribution in [0, 0.1) is 0 Å². The molecule has 0 unspecified atom stereocenters. The minimum Gasteiger partial charge on any atom is -0.396 e. The normalized spacial score (nSPS) is 54.3. The van der Waals surface area contributed by atoms with Gasteiger partial charge in [0.15, 0.2) is 0 Å². The Morgan fingerprint density at radius 1 is 0.593 bits per heavy atom. The quantitative estimate of drug-likeness (QED) is 0.245. The van der Waals surface area contributed by atoms with Crippen LogP contribution in [-0.4, -0.2) is 129 Å². The first-order chi connectivity index (χ1) is 25.7. The second-order valence-electron chi connectivity index (χ2n) is 19.8. The first-order valence-corrected chi connectivity index (χ1v) is 22.0. The van der Waals surface area contributed by atoms with Gasteiger partial charge in [-0.2, -0.15) is 0 Å². The lowest BCUT2D eigenvalue weighted by atomic mass is 9.72. The lowest BCUT2D eigenvalue weighted by molar-refractivity contribution is -0.369. The summed E-state index contributed by atoms with van der Waals surface area (Å²) < 4.78 is 55.4. The zero-order valence-corrected chi connectivity index (χ0v) is 34.0. The Morgan fingerprint density at radius 3 is 2.13 bits per heavy atom. The van der Waals surface area contributed by atoms with Gasteiger partial charge in [-0.15, -0.1) is 0 Å². The highest BCUT2D eigenvalue weighted by Gasteiger charge is 2.64. The molecule has 54 heavy (non-hydrogen) atoms. The van der Waals surface area contributed by atoms with Crippen molar-refractivity contribution in [1.82, 2.24) is 0 Å². The predicted molar refractivity (Wildman–Crippen MR) is 200 cm³/mol. The van der Waals surface area contributed by atoms with Crippen molar-refractivity contribution in [2.75, 3.05) is 6.61 Å². The van der Waals surface area contributed by atoms with E-state index in [0.29, 0.717) is 38.5 Å². The van der Waals surface area contributed by atoms with Gasteiger partial charge in [-0.3, -0.25) is 0 Å². The molecule has 0 aliphatic carbocycles. The third kappa shape index (κ3) is 7.50. The Morgan fingerprint density at radius 2 is 1.33 bits per heavy atom. The van der Waals surface area contributed by atoms with Crippen LogP contribution >= 0.6 is 0 Å². The standard InChI is InChI=1S/C43H72O11/c1-7-8-9-10-11-14-34-39(2,46)18-17-28-30(49-34)22-36-42(5,52-28)25-41(4)35(51-36)16-15-27-31(53-41)21-29-32(48-27)24-40(3)37(50-29)23-38-43(6,54-40)33(45)20-26(47-38)13-12-19-44/h26-38,44-46H,7-25H2,1-6H3/t26-,27+,28+,29+,30-,31-,32-,33-,34+,35-,36+,37-,38+,39-,40+,41+,42-,43-/m0/s1. The predicted octanol–water partition coefficient (Wildman–Crippen LogP) is 5.83. The largest absolute Gasteiger partial charge is 0.396 e. The van der Waals surface area contributed by atoms with Crippen molar-refractivity contribution < 1.29 is 53.2 Å². The van der Waals surface area contributed by atoms with E-state index in [2.05, 4.69) is 27.7 Å². The molecule has 0 spiro atoms. The molecule has 11 heteroatoms. The molecule has 0 amide bonds. The number of aliphatic hydroxyl groups is 3. The minimum atomic E-state index is -0.872. The molecule has 3 N–H and O–H groups in total. The van der Waals surface area contributed by atoms with Gasteiger partial charge in [-0.25, -0.2) is 0 Å². The van der Waals surface area contributed by atoms with Crippen LogP contribution in [0.15, 0.2) is 0 Å². The number of unbranched alkanes of at least 4 members (excludes halogenated alkanes) is 4. The summed E-state index contributed by atoms with van der Waals surface area (Å²) in [6.07, 6.45) is 13.1. The maximum absolute atomic E-state index is 11.5. The molecule has 0 aromatic heterocycles. The molecule has 8 aliphatic heterocycles. The van der Waals surface area contributed by atoms with Crippen LogP contribution in [0.25, 0.3) is 0 Å². The third-order valence-corrected chi connectivity index (χ3v) is 15.3. The number of rotatable bonds is 9. The van der Waals surface area contributed by atoms with Gasteiger partial charge in [0.05, 0.1) is 102 Å². The van der Waals surface area contributed by atoms with Crippen molar-refractivity contribution >= 4 is 0 Å². The van der Waals surface area contributed by atoms with Crippen LogP contribution in [0.2, 0.25) is 0 Å². The van der Waals surface area contributed by atoms with Crippen molar-refractivity contribution in [2.45, 2.75) is 264 Å². The average molecular weight is 765 g/mol. The average Bonchev–Trinajstić information content (AvgIpc) is 3.31. The molecule has 0 saturated carbocycles. The Labute approximate surface area is 323 Å².